The highest BCUT2D eigenvalue weighted by Crippen LogP contribution is 2.25. The second-order valence-electron chi connectivity index (χ2n) is 4.55. The summed E-state index contributed by atoms with van der Waals surface area (Å²) in [5, 5.41) is 0. The predicted molar refractivity (Wildman–Crippen MR) is 75.1 cm³/mol. The fraction of sp³-hybridized carbons (Fsp3) is 0.500. The van der Waals surface area contributed by atoms with E-state index < -0.39 is 0 Å². The van der Waals surface area contributed by atoms with Gasteiger partial charge in [0.25, 0.3) is 5.91 Å². The summed E-state index contributed by atoms with van der Waals surface area (Å²) in [6, 6.07) is 5.55. The summed E-state index contributed by atoms with van der Waals surface area (Å²) >= 11 is 3.39. The lowest BCUT2D eigenvalue weighted by Crippen LogP contribution is -2.32. The number of benzene rings is 1. The van der Waals surface area contributed by atoms with E-state index in [9.17, 15) is 4.79 Å². The van der Waals surface area contributed by atoms with Gasteiger partial charge >= 0.3 is 0 Å². The lowest BCUT2D eigenvalue weighted by Gasteiger charge is -2.21. The molecule has 0 aliphatic carbocycles. The fourth-order valence-electron chi connectivity index (χ4n) is 2.29. The molecule has 0 N–H and O–H groups in total. The molecule has 0 bridgehead atoms. The topological polar surface area (TPSA) is 29.5 Å². The van der Waals surface area contributed by atoms with Gasteiger partial charge in [-0.25, -0.2) is 0 Å². The number of hydrogen-bond donors (Lipinski definition) is 0. The number of methoxy groups -OCH3 is 1. The van der Waals surface area contributed by atoms with Gasteiger partial charge in [-0.15, -0.1) is 0 Å². The van der Waals surface area contributed by atoms with Crippen LogP contribution < -0.4 is 4.74 Å². The lowest BCUT2D eigenvalue weighted by atomic mass is 10.1. The van der Waals surface area contributed by atoms with Crippen molar-refractivity contribution in [3.63, 3.8) is 0 Å². The molecule has 1 aliphatic rings. The maximum Gasteiger partial charge on any atom is 0.257 e. The number of amides is 1. The standard InChI is InChI=1S/C14H18BrNO2/c1-18-13-10-11(15)6-7-12(13)14(17)16-8-4-2-3-5-9-16/h6-7,10H,2-5,8-9H2,1H3. The molecule has 2 rings (SSSR count). The second-order valence-corrected chi connectivity index (χ2v) is 5.47. The van der Waals surface area contributed by atoms with Crippen molar-refractivity contribution < 1.29 is 9.53 Å². The smallest absolute Gasteiger partial charge is 0.257 e. The van der Waals surface area contributed by atoms with Gasteiger partial charge < -0.3 is 9.64 Å². The summed E-state index contributed by atoms with van der Waals surface area (Å²) < 4.78 is 6.21. The van der Waals surface area contributed by atoms with Crippen LogP contribution in [0.3, 0.4) is 0 Å². The zero-order valence-corrected chi connectivity index (χ0v) is 12.2. The molecule has 1 saturated heterocycles. The van der Waals surface area contributed by atoms with Gasteiger partial charge in [-0.2, -0.15) is 0 Å². The van der Waals surface area contributed by atoms with Crippen LogP contribution in [-0.4, -0.2) is 31.0 Å². The Hall–Kier alpha value is -1.03. The quantitative estimate of drug-likeness (QED) is 0.837. The van der Waals surface area contributed by atoms with E-state index in [4.69, 9.17) is 4.74 Å². The minimum atomic E-state index is 0.0845. The van der Waals surface area contributed by atoms with E-state index in [-0.39, 0.29) is 5.91 Å². The van der Waals surface area contributed by atoms with Crippen molar-refractivity contribution in [2.75, 3.05) is 20.2 Å². The van der Waals surface area contributed by atoms with E-state index in [1.807, 2.05) is 23.1 Å². The third-order valence-electron chi connectivity index (χ3n) is 3.29. The van der Waals surface area contributed by atoms with Crippen molar-refractivity contribution >= 4 is 21.8 Å². The van der Waals surface area contributed by atoms with E-state index in [1.54, 1.807) is 7.11 Å². The minimum absolute atomic E-state index is 0.0845. The summed E-state index contributed by atoms with van der Waals surface area (Å²) in [5.41, 5.74) is 0.655. The molecule has 3 nitrogen and oxygen atoms in total. The SMILES string of the molecule is COc1cc(Br)ccc1C(=O)N1CCCCCC1. The number of carbonyl (C=O) groups excluding carboxylic acids is 1. The number of nitrogens with zero attached hydrogens (tertiary/aromatic N) is 1. The van der Waals surface area contributed by atoms with Crippen LogP contribution in [0.1, 0.15) is 36.0 Å². The van der Waals surface area contributed by atoms with E-state index >= 15 is 0 Å². The lowest BCUT2D eigenvalue weighted by molar-refractivity contribution is 0.0758. The van der Waals surface area contributed by atoms with Crippen molar-refractivity contribution in [1.82, 2.24) is 4.90 Å². The molecule has 4 heteroatoms. The molecule has 0 atom stereocenters. The first kappa shape index (κ1) is 13.4. The Kier molecular flexibility index (Phi) is 4.64. The molecule has 0 radical (unpaired) electrons. The number of carbonyl (C=O) groups is 1. The Labute approximate surface area is 116 Å². The van der Waals surface area contributed by atoms with Gasteiger partial charge in [-0.3, -0.25) is 4.79 Å². The normalized spacial score (nSPS) is 16.2. The van der Waals surface area contributed by atoms with Gasteiger partial charge in [-0.1, -0.05) is 28.8 Å². The van der Waals surface area contributed by atoms with Crippen LogP contribution in [0.25, 0.3) is 0 Å². The van der Waals surface area contributed by atoms with Crippen LogP contribution in [0, 0.1) is 0 Å². The van der Waals surface area contributed by atoms with Crippen LogP contribution in [-0.2, 0) is 0 Å². The molecule has 0 unspecified atom stereocenters. The highest BCUT2D eigenvalue weighted by atomic mass is 79.9. The molecule has 18 heavy (non-hydrogen) atoms. The van der Waals surface area contributed by atoms with Gasteiger partial charge in [0.15, 0.2) is 0 Å². The van der Waals surface area contributed by atoms with Crippen LogP contribution in [0.4, 0.5) is 0 Å². The zero-order valence-electron chi connectivity index (χ0n) is 10.6. The Morgan fingerprint density at radius 3 is 2.50 bits per heavy atom. The molecule has 98 valence electrons. The number of rotatable bonds is 2. The first-order valence-corrected chi connectivity index (χ1v) is 7.14. The van der Waals surface area contributed by atoms with Gasteiger partial charge in [0.05, 0.1) is 12.7 Å². The summed E-state index contributed by atoms with van der Waals surface area (Å²) in [4.78, 5) is 14.4. The summed E-state index contributed by atoms with van der Waals surface area (Å²) in [6.07, 6.45) is 4.65. The summed E-state index contributed by atoms with van der Waals surface area (Å²) in [5.74, 6) is 0.722. The van der Waals surface area contributed by atoms with Crippen LogP contribution in [0.15, 0.2) is 22.7 Å². The van der Waals surface area contributed by atoms with Crippen LogP contribution in [0.5, 0.6) is 5.75 Å². The molecule has 0 aromatic heterocycles. The summed E-state index contributed by atoms with van der Waals surface area (Å²) in [7, 11) is 1.60. The number of likely N-dealkylation sites (tertiary alicyclic amines) is 1. The Morgan fingerprint density at radius 2 is 1.89 bits per heavy atom. The third kappa shape index (κ3) is 3.05. The predicted octanol–water partition coefficient (Wildman–Crippen LogP) is 3.47. The molecule has 1 amide bonds. The van der Waals surface area contributed by atoms with Crippen molar-refractivity contribution in [2.24, 2.45) is 0 Å². The molecule has 1 aromatic carbocycles. The first-order valence-electron chi connectivity index (χ1n) is 6.35. The van der Waals surface area contributed by atoms with Crippen molar-refractivity contribution in [2.45, 2.75) is 25.7 Å². The average molecular weight is 312 g/mol. The van der Waals surface area contributed by atoms with Crippen molar-refractivity contribution in [3.05, 3.63) is 28.2 Å². The third-order valence-corrected chi connectivity index (χ3v) is 3.78. The first-order chi connectivity index (χ1) is 8.72. The monoisotopic (exact) mass is 311 g/mol. The molecule has 0 saturated carbocycles. The summed E-state index contributed by atoms with van der Waals surface area (Å²) in [6.45, 7) is 1.72. The van der Waals surface area contributed by atoms with E-state index in [2.05, 4.69) is 15.9 Å². The van der Waals surface area contributed by atoms with Gasteiger partial charge in [0, 0.05) is 17.6 Å². The molecule has 1 fully saturated rings. The Bertz CT molecular complexity index is 426. The average Bonchev–Trinajstić information content (AvgIpc) is 2.66. The van der Waals surface area contributed by atoms with Crippen LogP contribution in [0.2, 0.25) is 0 Å². The van der Waals surface area contributed by atoms with Gasteiger partial charge in [0.1, 0.15) is 5.75 Å². The van der Waals surface area contributed by atoms with E-state index in [1.165, 1.54) is 12.8 Å². The highest BCUT2D eigenvalue weighted by molar-refractivity contribution is 9.10. The maximum atomic E-state index is 12.5. The number of hydrogen-bond acceptors (Lipinski definition) is 2. The Morgan fingerprint density at radius 1 is 1.22 bits per heavy atom. The molecule has 1 aromatic rings. The number of ether oxygens (including phenoxy) is 1. The molecule has 0 spiro atoms. The molecule has 1 heterocycles. The van der Waals surface area contributed by atoms with Crippen molar-refractivity contribution in [1.29, 1.82) is 0 Å². The minimum Gasteiger partial charge on any atom is -0.496 e. The van der Waals surface area contributed by atoms with E-state index in [0.717, 1.165) is 30.4 Å². The second kappa shape index (κ2) is 6.23. The molecule has 1 aliphatic heterocycles. The zero-order chi connectivity index (χ0) is 13.0. The Balaban J connectivity index is 2.21. The maximum absolute atomic E-state index is 12.5. The van der Waals surface area contributed by atoms with Gasteiger partial charge in [-0.05, 0) is 31.0 Å². The van der Waals surface area contributed by atoms with Crippen molar-refractivity contribution in [3.8, 4) is 5.75 Å². The highest BCUT2D eigenvalue weighted by Gasteiger charge is 2.20. The molecular formula is C14H18BrNO2. The fourth-order valence-corrected chi connectivity index (χ4v) is 2.63. The van der Waals surface area contributed by atoms with Gasteiger partial charge in [0.2, 0.25) is 0 Å². The number of halogens is 1. The molecular weight excluding hydrogens is 294 g/mol. The largest absolute Gasteiger partial charge is 0.496 e. The van der Waals surface area contributed by atoms with Crippen LogP contribution >= 0.6 is 15.9 Å². The van der Waals surface area contributed by atoms with E-state index in [0.29, 0.717) is 11.3 Å².